The van der Waals surface area contributed by atoms with Crippen molar-refractivity contribution in [3.8, 4) is 0 Å². The van der Waals surface area contributed by atoms with Gasteiger partial charge in [0, 0.05) is 12.0 Å². The van der Waals surface area contributed by atoms with Crippen LogP contribution in [0, 0.1) is 12.7 Å². The molecule has 1 amide bonds. The largest absolute Gasteiger partial charge is 0.480 e. The molecule has 1 N–H and O–H groups in total. The van der Waals surface area contributed by atoms with Crippen molar-refractivity contribution in [3.05, 3.63) is 65.0 Å². The lowest BCUT2D eigenvalue weighted by molar-refractivity contribution is -0.138. The van der Waals surface area contributed by atoms with Gasteiger partial charge in [0.1, 0.15) is 18.5 Å². The quantitative estimate of drug-likeness (QED) is 0.938. The summed E-state index contributed by atoms with van der Waals surface area (Å²) < 4.78 is 19.3. The molecule has 0 saturated heterocycles. The minimum absolute atomic E-state index is 0.0200. The highest BCUT2D eigenvalue weighted by molar-refractivity contribution is 5.98. The van der Waals surface area contributed by atoms with Gasteiger partial charge >= 0.3 is 12.1 Å². The van der Waals surface area contributed by atoms with Crippen molar-refractivity contribution in [2.24, 2.45) is 0 Å². The second-order valence-electron chi connectivity index (χ2n) is 5.71. The van der Waals surface area contributed by atoms with Crippen molar-refractivity contribution in [2.45, 2.75) is 26.0 Å². The van der Waals surface area contributed by atoms with Gasteiger partial charge < -0.3 is 9.84 Å². The molecule has 0 saturated carbocycles. The number of carbonyl (C=O) groups is 2. The summed E-state index contributed by atoms with van der Waals surface area (Å²) in [5.74, 6) is -1.70. The minimum atomic E-state index is -1.19. The van der Waals surface area contributed by atoms with Crippen molar-refractivity contribution in [1.82, 2.24) is 0 Å². The first-order valence-corrected chi connectivity index (χ1v) is 7.49. The Balaban J connectivity index is 1.87. The molecule has 1 atom stereocenters. The lowest BCUT2D eigenvalue weighted by Crippen LogP contribution is -2.43. The fourth-order valence-corrected chi connectivity index (χ4v) is 2.84. The Morgan fingerprint density at radius 1 is 1.29 bits per heavy atom. The Kier molecular flexibility index (Phi) is 4.20. The number of aliphatic carboxylic acids is 1. The number of benzene rings is 2. The monoisotopic (exact) mass is 329 g/mol. The number of carboxylic acids is 1. The smallest absolute Gasteiger partial charge is 0.415 e. The Labute approximate surface area is 138 Å². The first-order chi connectivity index (χ1) is 11.5. The number of amides is 1. The molecule has 2 aromatic rings. The van der Waals surface area contributed by atoms with E-state index in [1.807, 2.05) is 18.2 Å². The zero-order valence-electron chi connectivity index (χ0n) is 13.0. The summed E-state index contributed by atoms with van der Waals surface area (Å²) in [4.78, 5) is 24.9. The normalized spacial score (nSPS) is 15.9. The average molecular weight is 329 g/mol. The third-order valence-corrected chi connectivity index (χ3v) is 3.97. The lowest BCUT2D eigenvalue weighted by Gasteiger charge is -2.22. The molecule has 1 unspecified atom stereocenters. The molecule has 124 valence electrons. The Morgan fingerprint density at radius 3 is 2.67 bits per heavy atom. The molecule has 5 nitrogen and oxygen atoms in total. The molecule has 6 heteroatoms. The van der Waals surface area contributed by atoms with Crippen LogP contribution in [0.3, 0.4) is 0 Å². The third-order valence-electron chi connectivity index (χ3n) is 3.97. The van der Waals surface area contributed by atoms with Gasteiger partial charge in [0.25, 0.3) is 0 Å². The van der Waals surface area contributed by atoms with Gasteiger partial charge in [0.2, 0.25) is 0 Å². The third kappa shape index (κ3) is 2.95. The summed E-state index contributed by atoms with van der Waals surface area (Å²) in [7, 11) is 0. The Hall–Kier alpha value is -2.89. The number of ether oxygens (including phenoxy) is 1. The van der Waals surface area contributed by atoms with Crippen molar-refractivity contribution >= 4 is 17.7 Å². The van der Waals surface area contributed by atoms with E-state index in [-0.39, 0.29) is 24.3 Å². The Bertz CT molecular complexity index is 791. The number of carbonyl (C=O) groups excluding carboxylic acids is 1. The molecule has 3 rings (SSSR count). The van der Waals surface area contributed by atoms with E-state index in [9.17, 15) is 19.1 Å². The van der Waals surface area contributed by atoms with Gasteiger partial charge in [0.05, 0.1) is 5.69 Å². The van der Waals surface area contributed by atoms with Crippen LogP contribution in [0.2, 0.25) is 0 Å². The molecule has 0 fully saturated rings. The molecular weight excluding hydrogens is 313 g/mol. The number of hydrogen-bond donors (Lipinski definition) is 1. The lowest BCUT2D eigenvalue weighted by atomic mass is 10.1. The molecule has 0 radical (unpaired) electrons. The topological polar surface area (TPSA) is 66.8 Å². The highest BCUT2D eigenvalue weighted by Gasteiger charge is 2.41. The maximum atomic E-state index is 14.1. The molecule has 1 aliphatic rings. The number of anilines is 1. The predicted octanol–water partition coefficient (Wildman–Crippen LogP) is 3.29. The van der Waals surface area contributed by atoms with E-state index in [4.69, 9.17) is 4.74 Å². The van der Waals surface area contributed by atoms with Crippen LogP contribution in [0.5, 0.6) is 0 Å². The maximum absolute atomic E-state index is 14.1. The van der Waals surface area contributed by atoms with Gasteiger partial charge in [0.15, 0.2) is 0 Å². The van der Waals surface area contributed by atoms with Crippen molar-refractivity contribution < 1.29 is 23.8 Å². The maximum Gasteiger partial charge on any atom is 0.415 e. The Morgan fingerprint density at radius 2 is 2.00 bits per heavy atom. The molecule has 0 aromatic heterocycles. The second kappa shape index (κ2) is 6.31. The van der Waals surface area contributed by atoms with E-state index in [2.05, 4.69) is 0 Å². The summed E-state index contributed by atoms with van der Waals surface area (Å²) in [6, 6.07) is 10.8. The van der Waals surface area contributed by atoms with Crippen LogP contribution in [-0.4, -0.2) is 23.2 Å². The number of aryl methyl sites for hydroxylation is 1. The van der Waals surface area contributed by atoms with Crippen LogP contribution in [0.25, 0.3) is 0 Å². The molecule has 0 bridgehead atoms. The van der Waals surface area contributed by atoms with Gasteiger partial charge in [-0.05, 0) is 30.2 Å². The predicted molar refractivity (Wildman–Crippen MR) is 85.4 cm³/mol. The molecule has 0 aliphatic carbocycles. The zero-order chi connectivity index (χ0) is 17.3. The SMILES string of the molecule is Cc1cc(F)c2c(c1)N(C(=O)OCc1ccccc1)C(C(=O)O)C2. The van der Waals surface area contributed by atoms with Gasteiger partial charge in [-0.15, -0.1) is 0 Å². The first kappa shape index (κ1) is 16.0. The summed E-state index contributed by atoms with van der Waals surface area (Å²) in [6.45, 7) is 1.71. The summed E-state index contributed by atoms with van der Waals surface area (Å²) in [6.07, 6.45) is -0.868. The van der Waals surface area contributed by atoms with Crippen LogP contribution in [-0.2, 0) is 22.6 Å². The highest BCUT2D eigenvalue weighted by atomic mass is 19.1. The molecule has 2 aromatic carbocycles. The number of nitrogens with zero attached hydrogens (tertiary/aromatic N) is 1. The number of carboxylic acid groups (broad SMARTS) is 1. The summed E-state index contributed by atoms with van der Waals surface area (Å²) in [5.41, 5.74) is 1.88. The van der Waals surface area contributed by atoms with Crippen LogP contribution >= 0.6 is 0 Å². The number of fused-ring (bicyclic) bond motifs is 1. The molecule has 24 heavy (non-hydrogen) atoms. The van der Waals surface area contributed by atoms with E-state index in [0.717, 1.165) is 10.5 Å². The van der Waals surface area contributed by atoms with Crippen LogP contribution in [0.1, 0.15) is 16.7 Å². The van der Waals surface area contributed by atoms with E-state index < -0.39 is 23.9 Å². The van der Waals surface area contributed by atoms with Gasteiger partial charge in [-0.25, -0.2) is 14.0 Å². The fourth-order valence-electron chi connectivity index (χ4n) is 2.84. The van der Waals surface area contributed by atoms with Crippen molar-refractivity contribution in [3.63, 3.8) is 0 Å². The van der Waals surface area contributed by atoms with Gasteiger partial charge in [-0.2, -0.15) is 0 Å². The summed E-state index contributed by atoms with van der Waals surface area (Å²) in [5, 5.41) is 9.38. The van der Waals surface area contributed by atoms with E-state index >= 15 is 0 Å². The molecule has 1 aliphatic heterocycles. The van der Waals surface area contributed by atoms with E-state index in [1.54, 1.807) is 25.1 Å². The van der Waals surface area contributed by atoms with Crippen LogP contribution < -0.4 is 4.90 Å². The average Bonchev–Trinajstić information content (AvgIpc) is 2.93. The number of rotatable bonds is 3. The van der Waals surface area contributed by atoms with Crippen molar-refractivity contribution in [2.75, 3.05) is 4.90 Å². The van der Waals surface area contributed by atoms with Crippen molar-refractivity contribution in [1.29, 1.82) is 0 Å². The molecular formula is C18H16FNO4. The van der Waals surface area contributed by atoms with Gasteiger partial charge in [-0.3, -0.25) is 4.90 Å². The fraction of sp³-hybridized carbons (Fsp3) is 0.222. The highest BCUT2D eigenvalue weighted by Crippen LogP contribution is 2.35. The zero-order valence-corrected chi connectivity index (χ0v) is 13.0. The van der Waals surface area contributed by atoms with E-state index in [0.29, 0.717) is 5.56 Å². The molecule has 0 spiro atoms. The van der Waals surface area contributed by atoms with Gasteiger partial charge in [-0.1, -0.05) is 30.3 Å². The minimum Gasteiger partial charge on any atom is -0.480 e. The van der Waals surface area contributed by atoms with Crippen LogP contribution in [0.4, 0.5) is 14.9 Å². The summed E-state index contributed by atoms with van der Waals surface area (Å²) >= 11 is 0. The molecule has 1 heterocycles. The number of halogens is 1. The standard InChI is InChI=1S/C18H16FNO4/c1-11-7-14(19)13-9-16(17(21)22)20(15(13)8-11)18(23)24-10-12-5-3-2-4-6-12/h2-8,16H,9-10H2,1H3,(H,21,22). The van der Waals surface area contributed by atoms with Crippen LogP contribution in [0.15, 0.2) is 42.5 Å². The second-order valence-corrected chi connectivity index (χ2v) is 5.71. The first-order valence-electron chi connectivity index (χ1n) is 7.49. The number of hydrogen-bond acceptors (Lipinski definition) is 3. The van der Waals surface area contributed by atoms with E-state index in [1.165, 1.54) is 6.07 Å².